The lowest BCUT2D eigenvalue weighted by molar-refractivity contribution is -0.128. The molecule has 4 rings (SSSR count). The van der Waals surface area contributed by atoms with Gasteiger partial charge in [0.25, 0.3) is 0 Å². The molecule has 2 heterocycles. The van der Waals surface area contributed by atoms with Crippen molar-refractivity contribution < 1.29 is 22.7 Å². The van der Waals surface area contributed by atoms with Crippen molar-refractivity contribution >= 4 is 22.0 Å². The molecule has 8 nitrogen and oxygen atoms in total. The molecule has 2 aliphatic heterocycles. The number of ether oxygens (including phenoxy) is 1. The highest BCUT2D eigenvalue weighted by Gasteiger charge is 2.45. The molecule has 2 fully saturated rings. The Labute approximate surface area is 162 Å². The molecule has 9 heteroatoms. The Kier molecular flexibility index (Phi) is 4.56. The van der Waals surface area contributed by atoms with Crippen LogP contribution in [-0.2, 0) is 14.8 Å². The van der Waals surface area contributed by atoms with Crippen molar-refractivity contribution in [1.29, 1.82) is 0 Å². The summed E-state index contributed by atoms with van der Waals surface area (Å²) in [5.74, 6) is 0.427. The van der Waals surface area contributed by atoms with Crippen LogP contribution in [-0.4, -0.2) is 62.3 Å². The monoisotopic (exact) mass is 401 g/mol. The van der Waals surface area contributed by atoms with Crippen molar-refractivity contribution in [3.63, 3.8) is 0 Å². The molecule has 0 radical (unpaired) electrons. The fraction of sp³-hybridized carbons (Fsp3) is 0.263. The fourth-order valence-electron chi connectivity index (χ4n) is 3.33. The standard InChI is InChI=1S/C19H19N3O5S/c1-27-16-6-2-13(3-7-16)14-4-8-17(9-5-14)28(25,26)21-11-15(12-21)22-18(23)10-20-19(22)24/h2-9,15H,10-12H2,1H3,(H,20,24). The molecule has 0 bridgehead atoms. The fourth-order valence-corrected chi connectivity index (χ4v) is 4.85. The molecule has 3 amide bonds. The van der Waals surface area contributed by atoms with Gasteiger partial charge in [-0.2, -0.15) is 4.31 Å². The average Bonchev–Trinajstić information content (AvgIpc) is 2.99. The normalized spacial score (nSPS) is 18.1. The van der Waals surface area contributed by atoms with Gasteiger partial charge in [-0.25, -0.2) is 13.2 Å². The molecule has 0 aromatic heterocycles. The summed E-state index contributed by atoms with van der Waals surface area (Å²) in [6.07, 6.45) is 0. The zero-order chi connectivity index (χ0) is 19.9. The molecule has 146 valence electrons. The van der Waals surface area contributed by atoms with Crippen LogP contribution in [0.1, 0.15) is 0 Å². The number of imide groups is 1. The second-order valence-corrected chi connectivity index (χ2v) is 8.59. The van der Waals surface area contributed by atoms with Crippen LogP contribution in [0.2, 0.25) is 0 Å². The lowest BCUT2D eigenvalue weighted by Gasteiger charge is -2.41. The lowest BCUT2D eigenvalue weighted by atomic mass is 10.1. The van der Waals surface area contributed by atoms with Gasteiger partial charge in [0.05, 0.1) is 24.6 Å². The van der Waals surface area contributed by atoms with Gasteiger partial charge in [0.15, 0.2) is 0 Å². The van der Waals surface area contributed by atoms with E-state index in [0.717, 1.165) is 21.8 Å². The van der Waals surface area contributed by atoms with Crippen molar-refractivity contribution in [3.8, 4) is 16.9 Å². The molecule has 0 saturated carbocycles. The van der Waals surface area contributed by atoms with Crippen molar-refractivity contribution in [2.75, 3.05) is 26.7 Å². The van der Waals surface area contributed by atoms with Crippen molar-refractivity contribution in [2.24, 2.45) is 0 Å². The van der Waals surface area contributed by atoms with E-state index in [-0.39, 0.29) is 30.4 Å². The summed E-state index contributed by atoms with van der Waals surface area (Å²) in [7, 11) is -2.07. The first kappa shape index (κ1) is 18.5. The molecule has 2 aromatic carbocycles. The average molecular weight is 401 g/mol. The van der Waals surface area contributed by atoms with E-state index in [9.17, 15) is 18.0 Å². The number of sulfonamides is 1. The van der Waals surface area contributed by atoms with E-state index in [1.165, 1.54) is 4.31 Å². The van der Waals surface area contributed by atoms with Gasteiger partial charge in [-0.15, -0.1) is 0 Å². The predicted molar refractivity (Wildman–Crippen MR) is 101 cm³/mol. The zero-order valence-corrected chi connectivity index (χ0v) is 16.0. The van der Waals surface area contributed by atoms with Gasteiger partial charge in [0, 0.05) is 13.1 Å². The Morgan fingerprint density at radius 2 is 1.54 bits per heavy atom. The van der Waals surface area contributed by atoms with E-state index in [1.807, 2.05) is 24.3 Å². The Bertz CT molecular complexity index is 997. The summed E-state index contributed by atoms with van der Waals surface area (Å²) in [6.45, 7) is 0.193. The third-order valence-electron chi connectivity index (χ3n) is 4.99. The molecule has 0 spiro atoms. The van der Waals surface area contributed by atoms with Gasteiger partial charge in [0.1, 0.15) is 5.75 Å². The molecule has 0 atom stereocenters. The topological polar surface area (TPSA) is 96.0 Å². The number of hydrogen-bond acceptors (Lipinski definition) is 5. The van der Waals surface area contributed by atoms with Crippen LogP contribution < -0.4 is 10.1 Å². The number of benzene rings is 2. The first-order chi connectivity index (χ1) is 13.4. The van der Waals surface area contributed by atoms with Gasteiger partial charge in [-0.05, 0) is 35.4 Å². The molecule has 1 N–H and O–H groups in total. The van der Waals surface area contributed by atoms with Crippen LogP contribution in [0.4, 0.5) is 4.79 Å². The van der Waals surface area contributed by atoms with E-state index < -0.39 is 22.1 Å². The SMILES string of the molecule is COc1ccc(-c2ccc(S(=O)(=O)N3CC(N4C(=O)CNC4=O)C3)cc2)cc1. The van der Waals surface area contributed by atoms with E-state index in [0.29, 0.717) is 0 Å². The highest BCUT2D eigenvalue weighted by Crippen LogP contribution is 2.28. The number of rotatable bonds is 5. The van der Waals surface area contributed by atoms with Crippen LogP contribution >= 0.6 is 0 Å². The first-order valence-electron chi connectivity index (χ1n) is 8.74. The van der Waals surface area contributed by atoms with E-state index in [1.54, 1.807) is 31.4 Å². The minimum Gasteiger partial charge on any atom is -0.497 e. The molecule has 2 saturated heterocycles. The minimum absolute atomic E-state index is 0.0328. The summed E-state index contributed by atoms with van der Waals surface area (Å²) in [5, 5.41) is 2.44. The molecule has 0 unspecified atom stereocenters. The van der Waals surface area contributed by atoms with Gasteiger partial charge in [-0.3, -0.25) is 9.69 Å². The number of carbonyl (C=O) groups is 2. The van der Waals surface area contributed by atoms with Crippen LogP contribution in [0.5, 0.6) is 5.75 Å². The highest BCUT2D eigenvalue weighted by atomic mass is 32.2. The maximum Gasteiger partial charge on any atom is 0.324 e. The van der Waals surface area contributed by atoms with Crippen molar-refractivity contribution in [1.82, 2.24) is 14.5 Å². The predicted octanol–water partition coefficient (Wildman–Crippen LogP) is 1.29. The Balaban J connectivity index is 1.46. The number of hydrogen-bond donors (Lipinski definition) is 1. The second kappa shape index (κ2) is 6.92. The molecular formula is C19H19N3O5S. The third kappa shape index (κ3) is 3.12. The summed E-state index contributed by atoms with van der Waals surface area (Å²) in [6, 6.07) is 13.3. The van der Waals surface area contributed by atoms with Crippen LogP contribution in [0.25, 0.3) is 11.1 Å². The number of carbonyl (C=O) groups excluding carboxylic acids is 2. The number of methoxy groups -OCH3 is 1. The minimum atomic E-state index is -3.67. The summed E-state index contributed by atoms with van der Waals surface area (Å²) in [5.41, 5.74) is 1.84. The number of nitrogens with zero attached hydrogens (tertiary/aromatic N) is 2. The van der Waals surface area contributed by atoms with Crippen molar-refractivity contribution in [3.05, 3.63) is 48.5 Å². The van der Waals surface area contributed by atoms with Gasteiger partial charge in [-0.1, -0.05) is 24.3 Å². The summed E-state index contributed by atoms with van der Waals surface area (Å²) < 4.78 is 32.0. The number of urea groups is 1. The number of amides is 3. The largest absolute Gasteiger partial charge is 0.497 e. The molecule has 2 aromatic rings. The Morgan fingerprint density at radius 3 is 2.04 bits per heavy atom. The van der Waals surface area contributed by atoms with Gasteiger partial charge < -0.3 is 10.1 Å². The van der Waals surface area contributed by atoms with E-state index >= 15 is 0 Å². The lowest BCUT2D eigenvalue weighted by Crippen LogP contribution is -2.62. The Morgan fingerprint density at radius 1 is 0.964 bits per heavy atom. The first-order valence-corrected chi connectivity index (χ1v) is 10.2. The van der Waals surface area contributed by atoms with Gasteiger partial charge in [0.2, 0.25) is 15.9 Å². The van der Waals surface area contributed by atoms with E-state index in [2.05, 4.69) is 5.32 Å². The van der Waals surface area contributed by atoms with Crippen LogP contribution in [0, 0.1) is 0 Å². The summed E-state index contributed by atoms with van der Waals surface area (Å²) >= 11 is 0. The van der Waals surface area contributed by atoms with Crippen molar-refractivity contribution in [2.45, 2.75) is 10.9 Å². The van der Waals surface area contributed by atoms with E-state index in [4.69, 9.17) is 4.74 Å². The zero-order valence-electron chi connectivity index (χ0n) is 15.2. The smallest absolute Gasteiger partial charge is 0.324 e. The molecule has 2 aliphatic rings. The third-order valence-corrected chi connectivity index (χ3v) is 6.83. The maximum atomic E-state index is 12.8. The highest BCUT2D eigenvalue weighted by molar-refractivity contribution is 7.89. The second-order valence-electron chi connectivity index (χ2n) is 6.65. The quantitative estimate of drug-likeness (QED) is 0.762. The number of nitrogens with one attached hydrogen (secondary N) is 1. The summed E-state index contributed by atoms with van der Waals surface area (Å²) in [4.78, 5) is 24.7. The van der Waals surface area contributed by atoms with Gasteiger partial charge >= 0.3 is 6.03 Å². The molecule has 0 aliphatic carbocycles. The maximum absolute atomic E-state index is 12.8. The van der Waals surface area contributed by atoms with Crippen LogP contribution in [0.15, 0.2) is 53.4 Å². The molecule has 28 heavy (non-hydrogen) atoms. The molecular weight excluding hydrogens is 382 g/mol. The Hall–Kier alpha value is -2.91. The van der Waals surface area contributed by atoms with Crippen LogP contribution in [0.3, 0.4) is 0 Å².